The number of amides is 1. The predicted octanol–water partition coefficient (Wildman–Crippen LogP) is 2.52. The van der Waals surface area contributed by atoms with Gasteiger partial charge in [-0.05, 0) is 43.5 Å². The Morgan fingerprint density at radius 3 is 2.46 bits per heavy atom. The van der Waals surface area contributed by atoms with Crippen LogP contribution in [0.25, 0.3) is 0 Å². The average molecular weight is 354 g/mol. The van der Waals surface area contributed by atoms with Crippen molar-refractivity contribution in [1.29, 1.82) is 0 Å². The van der Waals surface area contributed by atoms with E-state index in [4.69, 9.17) is 4.74 Å². The van der Waals surface area contributed by atoms with Gasteiger partial charge in [-0.3, -0.25) is 4.79 Å². The van der Waals surface area contributed by atoms with Gasteiger partial charge < -0.3 is 10.1 Å². The van der Waals surface area contributed by atoms with Gasteiger partial charge >= 0.3 is 0 Å². The second-order valence-corrected chi connectivity index (χ2v) is 7.86. The number of sulfonamides is 1. The van der Waals surface area contributed by atoms with Crippen molar-refractivity contribution >= 4 is 21.6 Å². The molecule has 2 N–H and O–H groups in total. The minimum Gasteiger partial charge on any atom is -0.385 e. The lowest BCUT2D eigenvalue weighted by molar-refractivity contribution is -0.120. The zero-order chi connectivity index (χ0) is 17.4. The number of anilines is 1. The molecule has 1 aliphatic carbocycles. The monoisotopic (exact) mass is 354 g/mol. The van der Waals surface area contributed by atoms with Crippen LogP contribution in [0.4, 0.5) is 5.69 Å². The van der Waals surface area contributed by atoms with E-state index in [9.17, 15) is 13.2 Å². The molecule has 1 aliphatic rings. The molecule has 0 atom stereocenters. The molecule has 1 aromatic carbocycles. The van der Waals surface area contributed by atoms with Crippen molar-refractivity contribution in [3.63, 3.8) is 0 Å². The Balaban J connectivity index is 1.90. The van der Waals surface area contributed by atoms with Crippen LogP contribution in [0.2, 0.25) is 0 Å². The number of methoxy groups -OCH3 is 1. The van der Waals surface area contributed by atoms with Crippen molar-refractivity contribution in [2.45, 2.75) is 43.4 Å². The van der Waals surface area contributed by atoms with Gasteiger partial charge in [0, 0.05) is 31.9 Å². The first-order valence-electron chi connectivity index (χ1n) is 8.42. The molecular weight excluding hydrogens is 328 g/mol. The molecule has 0 bridgehead atoms. The molecule has 1 saturated carbocycles. The van der Waals surface area contributed by atoms with Gasteiger partial charge in [-0.15, -0.1) is 0 Å². The lowest BCUT2D eigenvalue weighted by Gasteiger charge is -2.20. The Kier molecular flexibility index (Phi) is 7.20. The summed E-state index contributed by atoms with van der Waals surface area (Å²) >= 11 is 0. The summed E-state index contributed by atoms with van der Waals surface area (Å²) < 4.78 is 31.7. The summed E-state index contributed by atoms with van der Waals surface area (Å²) in [5, 5.41) is 2.88. The molecule has 2 rings (SSSR count). The van der Waals surface area contributed by atoms with E-state index in [1.807, 2.05) is 0 Å². The Morgan fingerprint density at radius 2 is 1.83 bits per heavy atom. The summed E-state index contributed by atoms with van der Waals surface area (Å²) in [6, 6.07) is 6.28. The highest BCUT2D eigenvalue weighted by molar-refractivity contribution is 7.89. The molecule has 0 aliphatic heterocycles. The Morgan fingerprint density at radius 1 is 1.17 bits per heavy atom. The maximum atomic E-state index is 12.2. The maximum absolute atomic E-state index is 12.2. The molecule has 7 heteroatoms. The van der Waals surface area contributed by atoms with Gasteiger partial charge in [-0.2, -0.15) is 0 Å². The van der Waals surface area contributed by atoms with Crippen molar-refractivity contribution < 1.29 is 17.9 Å². The van der Waals surface area contributed by atoms with Crippen molar-refractivity contribution in [3.05, 3.63) is 24.3 Å². The highest BCUT2D eigenvalue weighted by Gasteiger charge is 2.21. The first kappa shape index (κ1) is 18.9. The summed E-state index contributed by atoms with van der Waals surface area (Å²) in [7, 11) is -1.95. The number of carbonyl (C=O) groups is 1. The molecule has 0 radical (unpaired) electrons. The van der Waals surface area contributed by atoms with E-state index >= 15 is 0 Å². The van der Waals surface area contributed by atoms with Gasteiger partial charge in [0.1, 0.15) is 0 Å². The van der Waals surface area contributed by atoms with Crippen LogP contribution in [0, 0.1) is 5.92 Å². The fourth-order valence-electron chi connectivity index (χ4n) is 2.83. The summed E-state index contributed by atoms with van der Waals surface area (Å²) in [6.45, 7) is 0.838. The number of ether oxygens (including phenoxy) is 1. The molecule has 0 unspecified atom stereocenters. The first-order valence-corrected chi connectivity index (χ1v) is 9.91. The smallest absolute Gasteiger partial charge is 0.240 e. The van der Waals surface area contributed by atoms with Crippen LogP contribution >= 0.6 is 0 Å². The van der Waals surface area contributed by atoms with Crippen LogP contribution in [0.1, 0.15) is 38.5 Å². The van der Waals surface area contributed by atoms with Crippen LogP contribution in [-0.4, -0.2) is 34.6 Å². The van der Waals surface area contributed by atoms with E-state index in [0.29, 0.717) is 25.3 Å². The second-order valence-electron chi connectivity index (χ2n) is 6.09. The highest BCUT2D eigenvalue weighted by atomic mass is 32.2. The number of rotatable bonds is 8. The lowest BCUT2D eigenvalue weighted by atomic mass is 9.88. The number of hydrogen-bond donors (Lipinski definition) is 2. The molecule has 0 saturated heterocycles. The number of hydrogen-bond acceptors (Lipinski definition) is 4. The molecule has 24 heavy (non-hydrogen) atoms. The number of benzene rings is 1. The van der Waals surface area contributed by atoms with Crippen LogP contribution in [0.15, 0.2) is 29.2 Å². The Hall–Kier alpha value is -1.44. The summed E-state index contributed by atoms with van der Waals surface area (Å²) in [5.41, 5.74) is 0.629. The van der Waals surface area contributed by atoms with E-state index < -0.39 is 10.0 Å². The predicted molar refractivity (Wildman–Crippen MR) is 93.3 cm³/mol. The Labute approximate surface area is 144 Å². The van der Waals surface area contributed by atoms with E-state index in [1.165, 1.54) is 18.6 Å². The van der Waals surface area contributed by atoms with Gasteiger partial charge in [0.25, 0.3) is 0 Å². The normalized spacial score (nSPS) is 16.0. The molecule has 6 nitrogen and oxygen atoms in total. The molecule has 0 spiro atoms. The highest BCUT2D eigenvalue weighted by Crippen LogP contribution is 2.25. The fourth-order valence-corrected chi connectivity index (χ4v) is 3.91. The topological polar surface area (TPSA) is 84.5 Å². The number of nitrogens with one attached hydrogen (secondary N) is 2. The van der Waals surface area contributed by atoms with Crippen LogP contribution in [0.3, 0.4) is 0 Å². The van der Waals surface area contributed by atoms with Crippen molar-refractivity contribution in [2.75, 3.05) is 25.6 Å². The molecule has 1 amide bonds. The van der Waals surface area contributed by atoms with Crippen molar-refractivity contribution in [3.8, 4) is 0 Å². The van der Waals surface area contributed by atoms with Crippen LogP contribution in [-0.2, 0) is 19.6 Å². The third kappa shape index (κ3) is 5.58. The average Bonchev–Trinajstić information content (AvgIpc) is 2.60. The summed E-state index contributed by atoms with van der Waals surface area (Å²) in [4.78, 5) is 12.4. The largest absolute Gasteiger partial charge is 0.385 e. The SMILES string of the molecule is COCCCNS(=O)(=O)c1ccc(NC(=O)C2CCCCC2)cc1. The summed E-state index contributed by atoms with van der Waals surface area (Å²) in [5.74, 6) is 0.104. The second kappa shape index (κ2) is 9.15. The standard InChI is InChI=1S/C17H26N2O4S/c1-23-13-5-12-18-24(21,22)16-10-8-15(9-11-16)19-17(20)14-6-3-2-4-7-14/h8-11,14,18H,2-7,12-13H2,1H3,(H,19,20). The minimum absolute atomic E-state index is 0.0306. The number of carbonyl (C=O) groups excluding carboxylic acids is 1. The third-order valence-electron chi connectivity index (χ3n) is 4.23. The van der Waals surface area contributed by atoms with Gasteiger partial charge in [0.05, 0.1) is 4.90 Å². The molecule has 1 aromatic rings. The van der Waals surface area contributed by atoms with E-state index in [0.717, 1.165) is 25.7 Å². The van der Waals surface area contributed by atoms with Crippen molar-refractivity contribution in [2.24, 2.45) is 5.92 Å². The molecular formula is C17H26N2O4S. The lowest BCUT2D eigenvalue weighted by Crippen LogP contribution is -2.26. The van der Waals surface area contributed by atoms with Gasteiger partial charge in [-0.1, -0.05) is 19.3 Å². The van der Waals surface area contributed by atoms with Crippen LogP contribution < -0.4 is 10.0 Å². The van der Waals surface area contributed by atoms with Gasteiger partial charge in [0.15, 0.2) is 0 Å². The Bertz CT molecular complexity index is 622. The van der Waals surface area contributed by atoms with E-state index in [1.54, 1.807) is 19.2 Å². The zero-order valence-corrected chi connectivity index (χ0v) is 14.9. The van der Waals surface area contributed by atoms with E-state index in [2.05, 4.69) is 10.0 Å². The third-order valence-corrected chi connectivity index (χ3v) is 5.70. The fraction of sp³-hybridized carbons (Fsp3) is 0.588. The molecule has 134 valence electrons. The van der Waals surface area contributed by atoms with Crippen molar-refractivity contribution in [1.82, 2.24) is 4.72 Å². The van der Waals surface area contributed by atoms with Crippen LogP contribution in [0.5, 0.6) is 0 Å². The molecule has 0 aromatic heterocycles. The minimum atomic E-state index is -3.52. The molecule has 0 heterocycles. The quantitative estimate of drug-likeness (QED) is 0.703. The molecule has 1 fully saturated rings. The maximum Gasteiger partial charge on any atom is 0.240 e. The first-order chi connectivity index (χ1) is 11.5. The van der Waals surface area contributed by atoms with E-state index in [-0.39, 0.29) is 16.7 Å². The van der Waals surface area contributed by atoms with Gasteiger partial charge in [-0.25, -0.2) is 13.1 Å². The summed E-state index contributed by atoms with van der Waals surface area (Å²) in [6.07, 6.45) is 5.89. The van der Waals surface area contributed by atoms with Gasteiger partial charge in [0.2, 0.25) is 15.9 Å². The zero-order valence-electron chi connectivity index (χ0n) is 14.1.